The van der Waals surface area contributed by atoms with Gasteiger partial charge in [-0.3, -0.25) is 4.79 Å². The molecule has 156 valence electrons. The predicted octanol–water partition coefficient (Wildman–Crippen LogP) is 2.67. The lowest BCUT2D eigenvalue weighted by Gasteiger charge is -2.33. The lowest BCUT2D eigenvalue weighted by molar-refractivity contribution is -0.149. The molecular weight excluding hydrogens is 366 g/mol. The van der Waals surface area contributed by atoms with Crippen molar-refractivity contribution in [3.8, 4) is 0 Å². The van der Waals surface area contributed by atoms with E-state index in [1.807, 2.05) is 19.4 Å². The Balaban J connectivity index is 1.60. The molecule has 0 unspecified atom stereocenters. The van der Waals surface area contributed by atoms with Crippen molar-refractivity contribution in [1.29, 1.82) is 0 Å². The number of piperidine rings is 1. The van der Waals surface area contributed by atoms with E-state index >= 15 is 0 Å². The molecule has 3 rings (SSSR count). The van der Waals surface area contributed by atoms with Gasteiger partial charge in [-0.15, -0.1) is 0 Å². The summed E-state index contributed by atoms with van der Waals surface area (Å²) in [6, 6.07) is 8.50. The normalized spacial score (nSPS) is 15.4. The number of esters is 1. The molecule has 7 heteroatoms. The zero-order chi connectivity index (χ0) is 20.5. The smallest absolute Gasteiger partial charge is 0.309 e. The fourth-order valence-electron chi connectivity index (χ4n) is 3.60. The molecule has 0 bridgehead atoms. The average Bonchev–Trinajstić information content (AvgIpc) is 3.25. The summed E-state index contributed by atoms with van der Waals surface area (Å²) < 4.78 is 7.23. The number of nitrogens with one attached hydrogen (secondary N) is 1. The highest BCUT2D eigenvalue weighted by molar-refractivity contribution is 5.80. The first-order valence-electron chi connectivity index (χ1n) is 10.4. The van der Waals surface area contributed by atoms with Crippen LogP contribution in [0.3, 0.4) is 0 Å². The zero-order valence-corrected chi connectivity index (χ0v) is 17.4. The number of benzene rings is 1. The van der Waals surface area contributed by atoms with Gasteiger partial charge in [-0.25, -0.2) is 9.98 Å². The standard InChI is InChI=1S/C22H31N5O2/c1-3-24-22(27-11-8-20(9-12-27)21(28)29-4-2)25-15-18-6-5-7-19(14-18)16-26-13-10-23-17-26/h5-7,10,13-14,17,20H,3-4,8-9,11-12,15-16H2,1-2H3,(H,24,25). The summed E-state index contributed by atoms with van der Waals surface area (Å²) in [5, 5.41) is 3.39. The maximum absolute atomic E-state index is 12.0. The maximum atomic E-state index is 12.0. The van der Waals surface area contributed by atoms with Gasteiger partial charge in [0.2, 0.25) is 0 Å². The fraction of sp³-hybridized carbons (Fsp3) is 0.500. The highest BCUT2D eigenvalue weighted by atomic mass is 16.5. The van der Waals surface area contributed by atoms with Gasteiger partial charge >= 0.3 is 5.97 Å². The van der Waals surface area contributed by atoms with Crippen LogP contribution in [0.2, 0.25) is 0 Å². The summed E-state index contributed by atoms with van der Waals surface area (Å²) in [6.45, 7) is 8.25. The van der Waals surface area contributed by atoms with Gasteiger partial charge in [0, 0.05) is 38.6 Å². The predicted molar refractivity (Wildman–Crippen MR) is 114 cm³/mol. The van der Waals surface area contributed by atoms with Crippen LogP contribution in [0.1, 0.15) is 37.8 Å². The molecule has 1 N–H and O–H groups in total. The topological polar surface area (TPSA) is 71.8 Å². The summed E-state index contributed by atoms with van der Waals surface area (Å²) in [5.74, 6) is 0.854. The van der Waals surface area contributed by atoms with Crippen LogP contribution in [0.25, 0.3) is 0 Å². The van der Waals surface area contributed by atoms with Gasteiger partial charge in [0.1, 0.15) is 0 Å². The first-order chi connectivity index (χ1) is 14.2. The van der Waals surface area contributed by atoms with Crippen LogP contribution in [0, 0.1) is 5.92 Å². The molecule has 2 heterocycles. The summed E-state index contributed by atoms with van der Waals surface area (Å²) in [7, 11) is 0. The lowest BCUT2D eigenvalue weighted by atomic mass is 9.97. The largest absolute Gasteiger partial charge is 0.466 e. The van der Waals surface area contributed by atoms with Crippen molar-refractivity contribution in [3.05, 3.63) is 54.1 Å². The number of guanidine groups is 1. The van der Waals surface area contributed by atoms with E-state index in [1.54, 1.807) is 6.20 Å². The van der Waals surface area contributed by atoms with E-state index in [4.69, 9.17) is 9.73 Å². The van der Waals surface area contributed by atoms with Crippen LogP contribution in [-0.2, 0) is 22.6 Å². The molecule has 0 radical (unpaired) electrons. The minimum Gasteiger partial charge on any atom is -0.466 e. The van der Waals surface area contributed by atoms with Crippen LogP contribution in [0.4, 0.5) is 0 Å². The second kappa shape index (κ2) is 10.6. The molecule has 1 aliphatic heterocycles. The number of likely N-dealkylation sites (tertiary alicyclic amines) is 1. The number of nitrogens with zero attached hydrogens (tertiary/aromatic N) is 4. The Labute approximate surface area is 172 Å². The van der Waals surface area contributed by atoms with E-state index in [1.165, 1.54) is 11.1 Å². The van der Waals surface area contributed by atoms with Crippen LogP contribution < -0.4 is 5.32 Å². The second-order valence-corrected chi connectivity index (χ2v) is 7.24. The molecule has 0 spiro atoms. The molecule has 7 nitrogen and oxygen atoms in total. The number of aliphatic imine (C=N–C) groups is 1. The highest BCUT2D eigenvalue weighted by Crippen LogP contribution is 2.19. The van der Waals surface area contributed by atoms with Crippen molar-refractivity contribution < 1.29 is 9.53 Å². The molecule has 0 amide bonds. The Kier molecular flexibility index (Phi) is 7.67. The van der Waals surface area contributed by atoms with E-state index in [0.717, 1.165) is 45.0 Å². The Morgan fingerprint density at radius 1 is 1.28 bits per heavy atom. The van der Waals surface area contributed by atoms with Gasteiger partial charge in [-0.2, -0.15) is 0 Å². The van der Waals surface area contributed by atoms with E-state index in [9.17, 15) is 4.79 Å². The number of imidazole rings is 1. The Morgan fingerprint density at radius 3 is 2.76 bits per heavy atom. The average molecular weight is 398 g/mol. The van der Waals surface area contributed by atoms with Crippen molar-refractivity contribution in [1.82, 2.24) is 19.8 Å². The van der Waals surface area contributed by atoms with Crippen LogP contribution in [0.15, 0.2) is 48.0 Å². The molecule has 1 fully saturated rings. The summed E-state index contributed by atoms with van der Waals surface area (Å²) in [4.78, 5) is 23.2. The number of hydrogen-bond acceptors (Lipinski definition) is 4. The monoisotopic (exact) mass is 397 g/mol. The molecule has 0 saturated carbocycles. The summed E-state index contributed by atoms with van der Waals surface area (Å²) >= 11 is 0. The Bertz CT molecular complexity index is 795. The third-order valence-corrected chi connectivity index (χ3v) is 5.08. The first-order valence-corrected chi connectivity index (χ1v) is 10.4. The fourth-order valence-corrected chi connectivity index (χ4v) is 3.60. The van der Waals surface area contributed by atoms with E-state index < -0.39 is 0 Å². The second-order valence-electron chi connectivity index (χ2n) is 7.24. The molecule has 1 aromatic carbocycles. The van der Waals surface area contributed by atoms with E-state index in [0.29, 0.717) is 13.2 Å². The van der Waals surface area contributed by atoms with Crippen LogP contribution in [-0.4, -0.2) is 52.6 Å². The van der Waals surface area contributed by atoms with Gasteiger partial charge in [0.05, 0.1) is 25.4 Å². The van der Waals surface area contributed by atoms with Gasteiger partial charge in [0.15, 0.2) is 5.96 Å². The van der Waals surface area contributed by atoms with Crippen molar-refractivity contribution >= 4 is 11.9 Å². The Morgan fingerprint density at radius 2 is 2.07 bits per heavy atom. The number of hydrogen-bond donors (Lipinski definition) is 1. The molecule has 1 aromatic heterocycles. The van der Waals surface area contributed by atoms with Gasteiger partial charge in [-0.1, -0.05) is 24.3 Å². The number of carbonyl (C=O) groups excluding carboxylic acids is 1. The van der Waals surface area contributed by atoms with Gasteiger partial charge in [0.25, 0.3) is 0 Å². The minimum atomic E-state index is -0.0659. The van der Waals surface area contributed by atoms with E-state index in [-0.39, 0.29) is 11.9 Å². The third-order valence-electron chi connectivity index (χ3n) is 5.08. The molecule has 1 aliphatic rings. The molecular formula is C22H31N5O2. The molecule has 1 saturated heterocycles. The third kappa shape index (κ3) is 6.07. The van der Waals surface area contributed by atoms with Crippen LogP contribution in [0.5, 0.6) is 0 Å². The minimum absolute atomic E-state index is 0.00827. The van der Waals surface area contributed by atoms with Gasteiger partial charge < -0.3 is 19.5 Å². The van der Waals surface area contributed by atoms with E-state index in [2.05, 4.69) is 51.0 Å². The number of ether oxygens (including phenoxy) is 1. The lowest BCUT2D eigenvalue weighted by Crippen LogP contribution is -2.46. The number of carbonyl (C=O) groups is 1. The molecule has 0 aliphatic carbocycles. The van der Waals surface area contributed by atoms with Crippen molar-refractivity contribution in [2.24, 2.45) is 10.9 Å². The highest BCUT2D eigenvalue weighted by Gasteiger charge is 2.27. The zero-order valence-electron chi connectivity index (χ0n) is 17.4. The molecule has 29 heavy (non-hydrogen) atoms. The Hall–Kier alpha value is -2.83. The van der Waals surface area contributed by atoms with Crippen molar-refractivity contribution in [3.63, 3.8) is 0 Å². The summed E-state index contributed by atoms with van der Waals surface area (Å²) in [5.41, 5.74) is 2.41. The van der Waals surface area contributed by atoms with Crippen LogP contribution >= 0.6 is 0 Å². The maximum Gasteiger partial charge on any atom is 0.309 e. The van der Waals surface area contributed by atoms with Gasteiger partial charge in [-0.05, 0) is 37.8 Å². The summed E-state index contributed by atoms with van der Waals surface area (Å²) in [6.07, 6.45) is 7.21. The SMILES string of the molecule is CCNC(=NCc1cccc(Cn2ccnc2)c1)N1CCC(C(=O)OCC)CC1. The number of aromatic nitrogens is 2. The van der Waals surface area contributed by atoms with Crippen molar-refractivity contribution in [2.75, 3.05) is 26.2 Å². The molecule has 0 atom stereocenters. The molecule has 2 aromatic rings. The first kappa shape index (κ1) is 20.9. The number of rotatable bonds is 7. The van der Waals surface area contributed by atoms with Crippen molar-refractivity contribution in [2.45, 2.75) is 39.8 Å². The quantitative estimate of drug-likeness (QED) is 0.442.